The van der Waals surface area contributed by atoms with Crippen molar-refractivity contribution in [2.45, 2.75) is 0 Å². The highest BCUT2D eigenvalue weighted by Crippen LogP contribution is 2.46. The maximum Gasteiger partial charge on any atom is 0.160 e. The SMILES string of the molecule is c1ccc(-c2ccc(-c3nc(-c4ccc(-c5ccc6ccccc6c5)c5oc6ccccc6c45)c4sc5ccccc5c4n3)cc2)cc1. The molecular weight excluding hydrogens is 605 g/mol. The molecule has 0 atom stereocenters. The van der Waals surface area contributed by atoms with E-state index in [1.54, 1.807) is 11.3 Å². The number of aromatic nitrogens is 2. The minimum atomic E-state index is 0.709. The van der Waals surface area contributed by atoms with Crippen LogP contribution in [0.1, 0.15) is 0 Å². The van der Waals surface area contributed by atoms with Crippen LogP contribution in [0.3, 0.4) is 0 Å². The van der Waals surface area contributed by atoms with E-state index in [0.29, 0.717) is 5.82 Å². The molecule has 0 saturated heterocycles. The fraction of sp³-hybridized carbons (Fsp3) is 0. The predicted octanol–water partition coefficient (Wildman–Crippen LogP) is 12.6. The summed E-state index contributed by atoms with van der Waals surface area (Å²) in [6.07, 6.45) is 0. The van der Waals surface area contributed by atoms with Gasteiger partial charge >= 0.3 is 0 Å². The number of rotatable bonds is 4. The Morgan fingerprint density at radius 3 is 2.02 bits per heavy atom. The quantitative estimate of drug-likeness (QED) is 0.194. The van der Waals surface area contributed by atoms with E-state index in [4.69, 9.17) is 14.4 Å². The molecule has 0 aliphatic carbocycles. The van der Waals surface area contributed by atoms with E-state index in [-0.39, 0.29) is 0 Å². The fourth-order valence-electron chi connectivity index (χ4n) is 6.95. The number of nitrogens with zero attached hydrogens (tertiary/aromatic N) is 2. The molecule has 0 bridgehead atoms. The second-order valence-corrected chi connectivity index (χ2v) is 13.2. The molecule has 0 unspecified atom stereocenters. The third kappa shape index (κ3) is 4.27. The van der Waals surface area contributed by atoms with Crippen molar-refractivity contribution in [1.82, 2.24) is 9.97 Å². The summed E-state index contributed by atoms with van der Waals surface area (Å²) in [6, 6.07) is 55.4. The van der Waals surface area contributed by atoms with Crippen molar-refractivity contribution < 1.29 is 4.42 Å². The van der Waals surface area contributed by atoms with Crippen LogP contribution in [0.15, 0.2) is 162 Å². The molecule has 10 rings (SSSR count). The van der Waals surface area contributed by atoms with Crippen LogP contribution in [-0.2, 0) is 0 Å². The van der Waals surface area contributed by atoms with Crippen LogP contribution >= 0.6 is 11.3 Å². The first-order valence-corrected chi connectivity index (χ1v) is 16.9. The zero-order chi connectivity index (χ0) is 31.6. The minimum Gasteiger partial charge on any atom is -0.455 e. The molecule has 7 aromatic carbocycles. The van der Waals surface area contributed by atoms with Crippen LogP contribution in [-0.4, -0.2) is 9.97 Å². The van der Waals surface area contributed by atoms with Crippen molar-refractivity contribution in [3.8, 4) is 44.9 Å². The molecule has 0 saturated carbocycles. The molecule has 48 heavy (non-hydrogen) atoms. The molecule has 0 N–H and O–H groups in total. The van der Waals surface area contributed by atoms with Crippen molar-refractivity contribution >= 4 is 64.4 Å². The predicted molar refractivity (Wildman–Crippen MR) is 201 cm³/mol. The molecule has 0 radical (unpaired) electrons. The van der Waals surface area contributed by atoms with Gasteiger partial charge in [0.15, 0.2) is 5.82 Å². The summed E-state index contributed by atoms with van der Waals surface area (Å²) in [6.45, 7) is 0. The van der Waals surface area contributed by atoms with Gasteiger partial charge in [-0.15, -0.1) is 11.3 Å². The first-order chi connectivity index (χ1) is 23.8. The second kappa shape index (κ2) is 10.7. The number of hydrogen-bond acceptors (Lipinski definition) is 4. The van der Waals surface area contributed by atoms with Crippen molar-refractivity contribution in [3.05, 3.63) is 158 Å². The lowest BCUT2D eigenvalue weighted by Crippen LogP contribution is -1.94. The van der Waals surface area contributed by atoms with Crippen molar-refractivity contribution in [3.63, 3.8) is 0 Å². The Balaban J connectivity index is 1.24. The molecule has 0 fully saturated rings. The first kappa shape index (κ1) is 27.1. The Labute approximate surface area is 280 Å². The lowest BCUT2D eigenvalue weighted by atomic mass is 9.95. The number of para-hydroxylation sites is 1. The number of hydrogen-bond donors (Lipinski definition) is 0. The van der Waals surface area contributed by atoms with E-state index in [1.807, 2.05) is 12.1 Å². The van der Waals surface area contributed by atoms with Gasteiger partial charge in [0.2, 0.25) is 0 Å². The van der Waals surface area contributed by atoms with Crippen LogP contribution in [0.4, 0.5) is 0 Å². The Hall–Kier alpha value is -6.10. The topological polar surface area (TPSA) is 38.9 Å². The van der Waals surface area contributed by atoms with Gasteiger partial charge in [-0.2, -0.15) is 0 Å². The summed E-state index contributed by atoms with van der Waals surface area (Å²) >= 11 is 1.75. The molecule has 224 valence electrons. The summed E-state index contributed by atoms with van der Waals surface area (Å²) in [5, 5.41) is 5.71. The number of furan rings is 1. The van der Waals surface area contributed by atoms with Gasteiger partial charge in [-0.3, -0.25) is 0 Å². The Bertz CT molecular complexity index is 2830. The van der Waals surface area contributed by atoms with E-state index in [0.717, 1.165) is 71.1 Å². The third-order valence-corrected chi connectivity index (χ3v) is 10.5. The fourth-order valence-corrected chi connectivity index (χ4v) is 8.10. The molecule has 4 heteroatoms. The summed E-state index contributed by atoms with van der Waals surface area (Å²) in [5.74, 6) is 0.709. The van der Waals surface area contributed by atoms with Gasteiger partial charge in [0.1, 0.15) is 11.2 Å². The van der Waals surface area contributed by atoms with Crippen molar-refractivity contribution in [1.29, 1.82) is 0 Å². The van der Waals surface area contributed by atoms with E-state index in [9.17, 15) is 0 Å². The molecule has 0 spiro atoms. The van der Waals surface area contributed by atoms with Crippen LogP contribution in [0, 0.1) is 0 Å². The highest BCUT2D eigenvalue weighted by Gasteiger charge is 2.22. The van der Waals surface area contributed by atoms with Crippen molar-refractivity contribution in [2.24, 2.45) is 0 Å². The Kier molecular flexibility index (Phi) is 6.05. The molecule has 0 aliphatic heterocycles. The minimum absolute atomic E-state index is 0.709. The second-order valence-electron chi connectivity index (χ2n) is 12.1. The van der Waals surface area contributed by atoms with Crippen LogP contribution in [0.5, 0.6) is 0 Å². The van der Waals surface area contributed by atoms with E-state index >= 15 is 0 Å². The first-order valence-electron chi connectivity index (χ1n) is 16.1. The van der Waals surface area contributed by atoms with Gasteiger partial charge in [0.25, 0.3) is 0 Å². The molecule has 0 amide bonds. The van der Waals surface area contributed by atoms with E-state index in [2.05, 4.69) is 146 Å². The lowest BCUT2D eigenvalue weighted by Gasteiger charge is -2.11. The van der Waals surface area contributed by atoms with Gasteiger partial charge in [-0.05, 0) is 51.7 Å². The van der Waals surface area contributed by atoms with Crippen molar-refractivity contribution in [2.75, 3.05) is 0 Å². The number of benzene rings is 7. The van der Waals surface area contributed by atoms with Crippen LogP contribution < -0.4 is 0 Å². The summed E-state index contributed by atoms with van der Waals surface area (Å²) < 4.78 is 8.98. The van der Waals surface area contributed by atoms with Gasteiger partial charge in [-0.1, -0.05) is 133 Å². The zero-order valence-electron chi connectivity index (χ0n) is 25.7. The maximum atomic E-state index is 6.71. The van der Waals surface area contributed by atoms with Crippen LogP contribution in [0.2, 0.25) is 0 Å². The zero-order valence-corrected chi connectivity index (χ0v) is 26.5. The van der Waals surface area contributed by atoms with E-state index in [1.165, 1.54) is 21.0 Å². The molecule has 3 nitrogen and oxygen atoms in total. The lowest BCUT2D eigenvalue weighted by molar-refractivity contribution is 0.670. The normalized spacial score (nSPS) is 11.8. The molecule has 0 aliphatic rings. The largest absolute Gasteiger partial charge is 0.455 e. The average molecular weight is 631 g/mol. The Morgan fingerprint density at radius 2 is 1.15 bits per heavy atom. The molecule has 3 aromatic heterocycles. The molecule has 3 heterocycles. The highest BCUT2D eigenvalue weighted by molar-refractivity contribution is 7.26. The Morgan fingerprint density at radius 1 is 0.479 bits per heavy atom. The van der Waals surface area contributed by atoms with E-state index < -0.39 is 0 Å². The summed E-state index contributed by atoms with van der Waals surface area (Å²) in [4.78, 5) is 10.6. The molecule has 10 aromatic rings. The third-order valence-electron chi connectivity index (χ3n) is 9.31. The van der Waals surface area contributed by atoms with Gasteiger partial charge in [0, 0.05) is 37.5 Å². The summed E-state index contributed by atoms with van der Waals surface area (Å²) in [5.41, 5.74) is 10.2. The van der Waals surface area contributed by atoms with Gasteiger partial charge in [0.05, 0.1) is 15.9 Å². The monoisotopic (exact) mass is 630 g/mol. The highest BCUT2D eigenvalue weighted by atomic mass is 32.1. The molecular formula is C44H26N2OS. The average Bonchev–Trinajstić information content (AvgIpc) is 3.74. The maximum absolute atomic E-state index is 6.71. The number of thiophene rings is 1. The van der Waals surface area contributed by atoms with Gasteiger partial charge in [-0.25, -0.2) is 9.97 Å². The summed E-state index contributed by atoms with van der Waals surface area (Å²) in [7, 11) is 0. The smallest absolute Gasteiger partial charge is 0.160 e. The van der Waals surface area contributed by atoms with Gasteiger partial charge < -0.3 is 4.42 Å². The number of fused-ring (bicyclic) bond motifs is 7. The standard InChI is InChI=1S/C44H26N2OS/c1-2-10-27(11-3-1)29-18-21-30(22-19-29)44-45-40-35-15-7-9-17-38(35)48-43(40)41(46-44)36-25-24-33(32-23-20-28-12-4-5-13-31(28)26-32)42-39(36)34-14-6-8-16-37(34)47-42/h1-26H. The van der Waals surface area contributed by atoms with Crippen LogP contribution in [0.25, 0.3) is 97.9 Å².